The first-order chi connectivity index (χ1) is 9.80. The molecule has 0 aromatic carbocycles. The van der Waals surface area contributed by atoms with Crippen LogP contribution in [0.3, 0.4) is 0 Å². The maximum atomic E-state index is 11.6. The summed E-state index contributed by atoms with van der Waals surface area (Å²) in [4.78, 5) is 14.2. The lowest BCUT2D eigenvalue weighted by atomic mass is 9.68. The van der Waals surface area contributed by atoms with Crippen LogP contribution in [0.1, 0.15) is 72.6 Å². The third-order valence-corrected chi connectivity index (χ3v) is 6.20. The minimum Gasteiger partial charge on any atom is -0.481 e. The van der Waals surface area contributed by atoms with Gasteiger partial charge in [0.2, 0.25) is 0 Å². The molecule has 1 saturated heterocycles. The lowest BCUT2D eigenvalue weighted by Gasteiger charge is -2.49. The van der Waals surface area contributed by atoms with E-state index in [1.54, 1.807) is 0 Å². The van der Waals surface area contributed by atoms with Crippen molar-refractivity contribution in [1.29, 1.82) is 0 Å². The van der Waals surface area contributed by atoms with Crippen molar-refractivity contribution < 1.29 is 9.90 Å². The number of nitrogens with zero attached hydrogens (tertiary/aromatic N) is 1. The second-order valence-corrected chi connectivity index (χ2v) is 8.30. The quantitative estimate of drug-likeness (QED) is 0.849. The normalized spacial score (nSPS) is 31.0. The molecule has 1 saturated carbocycles. The van der Waals surface area contributed by atoms with E-state index < -0.39 is 11.4 Å². The van der Waals surface area contributed by atoms with Gasteiger partial charge in [0.25, 0.3) is 0 Å². The molecular weight excluding hydrogens is 262 g/mol. The zero-order valence-electron chi connectivity index (χ0n) is 14.3. The number of piperidine rings is 1. The predicted octanol–water partition coefficient (Wildman–Crippen LogP) is 4.17. The van der Waals surface area contributed by atoms with E-state index in [4.69, 9.17) is 0 Å². The molecule has 2 atom stereocenters. The number of hydrogen-bond acceptors (Lipinski definition) is 2. The molecule has 2 aliphatic rings. The summed E-state index contributed by atoms with van der Waals surface area (Å²) in [6.07, 6.45) is 7.75. The number of rotatable bonds is 3. The number of aliphatic carboxylic acids is 1. The van der Waals surface area contributed by atoms with E-state index in [0.717, 1.165) is 38.3 Å². The van der Waals surface area contributed by atoms with Gasteiger partial charge in [-0.15, -0.1) is 0 Å². The molecule has 2 rings (SSSR count). The van der Waals surface area contributed by atoms with E-state index in [1.807, 2.05) is 6.92 Å². The molecule has 0 spiro atoms. The van der Waals surface area contributed by atoms with E-state index in [-0.39, 0.29) is 0 Å². The summed E-state index contributed by atoms with van der Waals surface area (Å²) in [5, 5.41) is 9.55. The van der Waals surface area contributed by atoms with Gasteiger partial charge in [0.15, 0.2) is 0 Å². The summed E-state index contributed by atoms with van der Waals surface area (Å²) in [6, 6.07) is 0.669. The van der Waals surface area contributed by atoms with Gasteiger partial charge < -0.3 is 10.0 Å². The number of hydrogen-bond donors (Lipinski definition) is 1. The lowest BCUT2D eigenvalue weighted by molar-refractivity contribution is -0.153. The summed E-state index contributed by atoms with van der Waals surface area (Å²) >= 11 is 0. The Kier molecular flexibility index (Phi) is 5.02. The van der Waals surface area contributed by atoms with Gasteiger partial charge in [0.05, 0.1) is 5.41 Å². The Hall–Kier alpha value is -0.570. The van der Waals surface area contributed by atoms with E-state index >= 15 is 0 Å². The zero-order chi connectivity index (χ0) is 15.7. The van der Waals surface area contributed by atoms with Gasteiger partial charge >= 0.3 is 5.97 Å². The molecule has 1 heterocycles. The molecule has 3 nitrogen and oxygen atoms in total. The van der Waals surface area contributed by atoms with Crippen LogP contribution in [0.25, 0.3) is 0 Å². The highest BCUT2D eigenvalue weighted by Crippen LogP contribution is 2.43. The van der Waals surface area contributed by atoms with Crippen LogP contribution >= 0.6 is 0 Å². The zero-order valence-corrected chi connectivity index (χ0v) is 14.3. The fourth-order valence-corrected chi connectivity index (χ4v) is 4.56. The third-order valence-electron chi connectivity index (χ3n) is 6.20. The molecule has 1 aliphatic carbocycles. The van der Waals surface area contributed by atoms with E-state index in [0.29, 0.717) is 11.5 Å². The predicted molar refractivity (Wildman–Crippen MR) is 86.4 cm³/mol. The molecule has 2 unspecified atom stereocenters. The summed E-state index contributed by atoms with van der Waals surface area (Å²) in [5.41, 5.74) is -0.0976. The van der Waals surface area contributed by atoms with Crippen molar-refractivity contribution in [2.75, 3.05) is 13.1 Å². The molecule has 0 aromatic heterocycles. The first kappa shape index (κ1) is 16.8. The van der Waals surface area contributed by atoms with Crippen LogP contribution in [-0.2, 0) is 4.79 Å². The Labute approximate surface area is 130 Å². The Bertz CT molecular complexity index is 364. The van der Waals surface area contributed by atoms with Crippen molar-refractivity contribution >= 4 is 5.97 Å². The first-order valence-electron chi connectivity index (χ1n) is 8.77. The highest BCUT2D eigenvalue weighted by molar-refractivity contribution is 5.74. The van der Waals surface area contributed by atoms with Crippen molar-refractivity contribution in [2.24, 2.45) is 16.7 Å². The highest BCUT2D eigenvalue weighted by Gasteiger charge is 2.44. The van der Waals surface area contributed by atoms with Gasteiger partial charge in [-0.3, -0.25) is 4.79 Å². The number of carboxylic acid groups (broad SMARTS) is 1. The van der Waals surface area contributed by atoms with Gasteiger partial charge in [0.1, 0.15) is 0 Å². The monoisotopic (exact) mass is 295 g/mol. The molecule has 3 heteroatoms. The van der Waals surface area contributed by atoms with E-state index in [1.165, 1.54) is 25.7 Å². The maximum absolute atomic E-state index is 11.6. The highest BCUT2D eigenvalue weighted by atomic mass is 16.4. The minimum atomic E-state index is -0.583. The number of carbonyl (C=O) groups is 1. The second kappa shape index (κ2) is 6.28. The Morgan fingerprint density at radius 1 is 1.19 bits per heavy atom. The van der Waals surface area contributed by atoms with Crippen molar-refractivity contribution in [3.8, 4) is 0 Å². The molecule has 0 bridgehead atoms. The van der Waals surface area contributed by atoms with Gasteiger partial charge in [0, 0.05) is 6.04 Å². The average Bonchev–Trinajstić information content (AvgIpc) is 2.46. The van der Waals surface area contributed by atoms with Gasteiger partial charge in [-0.25, -0.2) is 0 Å². The molecule has 0 radical (unpaired) electrons. The summed E-state index contributed by atoms with van der Waals surface area (Å²) in [7, 11) is 0. The first-order valence-corrected chi connectivity index (χ1v) is 8.77. The van der Waals surface area contributed by atoms with E-state index in [9.17, 15) is 9.90 Å². The Morgan fingerprint density at radius 3 is 2.24 bits per heavy atom. The fraction of sp³-hybridized carbons (Fsp3) is 0.944. The van der Waals surface area contributed by atoms with E-state index in [2.05, 4.69) is 25.7 Å². The van der Waals surface area contributed by atoms with Crippen molar-refractivity contribution in [1.82, 2.24) is 4.90 Å². The Balaban J connectivity index is 2.05. The SMILES string of the molecule is CCC1(C(=O)O)CCN(C2CCCCC2C(C)(C)C)CC1. The second-order valence-electron chi connectivity index (χ2n) is 8.30. The molecule has 1 aliphatic heterocycles. The van der Waals surface area contributed by atoms with Gasteiger partial charge in [-0.2, -0.15) is 0 Å². The summed E-state index contributed by atoms with van der Waals surface area (Å²) in [6.45, 7) is 11.1. The molecule has 21 heavy (non-hydrogen) atoms. The number of carboxylic acids is 1. The van der Waals surface area contributed by atoms with Crippen LogP contribution in [0.5, 0.6) is 0 Å². The molecule has 0 aromatic rings. The van der Waals surface area contributed by atoms with Gasteiger partial charge in [-0.05, 0) is 56.5 Å². The molecule has 1 N–H and O–H groups in total. The lowest BCUT2D eigenvalue weighted by Crippen LogP contribution is -2.52. The fourth-order valence-electron chi connectivity index (χ4n) is 4.56. The van der Waals surface area contributed by atoms with Crippen LogP contribution in [0, 0.1) is 16.7 Å². The van der Waals surface area contributed by atoms with Crippen molar-refractivity contribution in [3.63, 3.8) is 0 Å². The minimum absolute atomic E-state index is 0.358. The molecular formula is C18H33NO2. The van der Waals surface area contributed by atoms with Gasteiger partial charge in [-0.1, -0.05) is 40.5 Å². The summed E-state index contributed by atoms with van der Waals surface area (Å²) < 4.78 is 0. The average molecular weight is 295 g/mol. The standard InChI is InChI=1S/C18H33NO2/c1-5-18(16(20)21)10-12-19(13-11-18)15-9-7-6-8-14(15)17(2,3)4/h14-15H,5-13H2,1-4H3,(H,20,21). The van der Waals surface area contributed by atoms with Crippen LogP contribution in [-0.4, -0.2) is 35.1 Å². The van der Waals surface area contributed by atoms with Crippen molar-refractivity contribution in [2.45, 2.75) is 78.7 Å². The largest absolute Gasteiger partial charge is 0.481 e. The summed E-state index contributed by atoms with van der Waals surface area (Å²) in [5.74, 6) is 0.172. The molecule has 2 fully saturated rings. The van der Waals surface area contributed by atoms with Crippen LogP contribution < -0.4 is 0 Å². The molecule has 0 amide bonds. The van der Waals surface area contributed by atoms with Crippen LogP contribution in [0.4, 0.5) is 0 Å². The molecule has 122 valence electrons. The third kappa shape index (κ3) is 3.44. The smallest absolute Gasteiger partial charge is 0.309 e. The van der Waals surface area contributed by atoms with Crippen molar-refractivity contribution in [3.05, 3.63) is 0 Å². The van der Waals surface area contributed by atoms with Crippen LogP contribution in [0.2, 0.25) is 0 Å². The Morgan fingerprint density at radius 2 is 1.76 bits per heavy atom. The number of likely N-dealkylation sites (tertiary alicyclic amines) is 1. The maximum Gasteiger partial charge on any atom is 0.309 e. The topological polar surface area (TPSA) is 40.5 Å². The van der Waals surface area contributed by atoms with Crippen LogP contribution in [0.15, 0.2) is 0 Å².